The molecule has 6 heteroatoms. The van der Waals surface area contributed by atoms with Crippen LogP contribution in [0.15, 0.2) is 69.9 Å². The lowest BCUT2D eigenvalue weighted by atomic mass is 9.97. The van der Waals surface area contributed by atoms with Crippen molar-refractivity contribution in [3.8, 4) is 5.75 Å². The zero-order valence-electron chi connectivity index (χ0n) is 17.6. The molecule has 1 aliphatic heterocycles. The molecule has 0 fully saturated rings. The third kappa shape index (κ3) is 3.17. The van der Waals surface area contributed by atoms with Crippen molar-refractivity contribution in [2.75, 3.05) is 0 Å². The molecule has 1 atom stereocenters. The van der Waals surface area contributed by atoms with Gasteiger partial charge in [0.1, 0.15) is 11.3 Å². The minimum atomic E-state index is -0.656. The molecule has 3 aromatic carbocycles. The Labute approximate surface area is 189 Å². The molecular weight excluding hydrogens is 426 g/mol. The topological polar surface area (TPSA) is 70.8 Å². The fourth-order valence-electron chi connectivity index (χ4n) is 4.25. The zero-order valence-corrected chi connectivity index (χ0v) is 18.3. The van der Waals surface area contributed by atoms with Crippen molar-refractivity contribution in [3.63, 3.8) is 0 Å². The number of nitrogens with zero attached hydrogens (tertiary/aromatic N) is 1. The van der Waals surface area contributed by atoms with Gasteiger partial charge in [-0.05, 0) is 66.4 Å². The van der Waals surface area contributed by atoms with Crippen LogP contribution in [0.5, 0.6) is 5.75 Å². The molecule has 0 bridgehead atoms. The van der Waals surface area contributed by atoms with Gasteiger partial charge in [0.25, 0.3) is 5.91 Å². The van der Waals surface area contributed by atoms with Crippen LogP contribution in [0, 0.1) is 13.8 Å². The third-order valence-electron chi connectivity index (χ3n) is 6.09. The minimum Gasteiger partial charge on any atom is -0.508 e. The van der Waals surface area contributed by atoms with Crippen molar-refractivity contribution in [3.05, 3.63) is 109 Å². The first-order chi connectivity index (χ1) is 15.3. The summed E-state index contributed by atoms with van der Waals surface area (Å²) in [4.78, 5) is 28.7. The maximum absolute atomic E-state index is 13.6. The highest BCUT2D eigenvalue weighted by atomic mass is 35.5. The fourth-order valence-corrected chi connectivity index (χ4v) is 4.45. The molecule has 0 spiro atoms. The number of amides is 1. The molecule has 32 heavy (non-hydrogen) atoms. The van der Waals surface area contributed by atoms with Crippen LogP contribution in [0.1, 0.15) is 44.4 Å². The summed E-state index contributed by atoms with van der Waals surface area (Å²) in [5, 5.41) is 10.7. The fraction of sp³-hybridized carbons (Fsp3) is 0.154. The average Bonchev–Trinajstić information content (AvgIpc) is 3.04. The molecule has 2 heterocycles. The second-order valence-corrected chi connectivity index (χ2v) is 8.53. The number of hydrogen-bond acceptors (Lipinski definition) is 4. The van der Waals surface area contributed by atoms with Crippen LogP contribution < -0.4 is 5.43 Å². The lowest BCUT2D eigenvalue weighted by Crippen LogP contribution is -2.29. The molecule has 0 saturated carbocycles. The number of benzene rings is 3. The van der Waals surface area contributed by atoms with Gasteiger partial charge in [-0.2, -0.15) is 0 Å². The highest BCUT2D eigenvalue weighted by molar-refractivity contribution is 6.31. The largest absolute Gasteiger partial charge is 0.508 e. The Morgan fingerprint density at radius 2 is 1.69 bits per heavy atom. The Bertz CT molecular complexity index is 1440. The van der Waals surface area contributed by atoms with E-state index in [-0.39, 0.29) is 29.4 Å². The van der Waals surface area contributed by atoms with Gasteiger partial charge in [0, 0.05) is 11.6 Å². The van der Waals surface area contributed by atoms with E-state index < -0.39 is 6.04 Å². The SMILES string of the molecule is Cc1cc2oc3c(c(=O)c2cc1C)C(c1ccc(O)cc1)N(Cc1ccccc1Cl)C3=O. The first-order valence-electron chi connectivity index (χ1n) is 10.3. The average molecular weight is 446 g/mol. The molecule has 1 aromatic heterocycles. The molecule has 5 nitrogen and oxygen atoms in total. The second-order valence-electron chi connectivity index (χ2n) is 8.13. The van der Waals surface area contributed by atoms with Crippen LogP contribution in [0.3, 0.4) is 0 Å². The number of rotatable bonds is 3. The van der Waals surface area contributed by atoms with Crippen molar-refractivity contribution in [2.24, 2.45) is 0 Å². The highest BCUT2D eigenvalue weighted by Gasteiger charge is 2.42. The second kappa shape index (κ2) is 7.53. The first kappa shape index (κ1) is 20.3. The number of fused-ring (bicyclic) bond motifs is 2. The van der Waals surface area contributed by atoms with E-state index in [9.17, 15) is 14.7 Å². The quantitative estimate of drug-likeness (QED) is 0.451. The molecule has 4 aromatic rings. The lowest BCUT2D eigenvalue weighted by molar-refractivity contribution is 0.0714. The van der Waals surface area contributed by atoms with Gasteiger partial charge in [0.2, 0.25) is 5.76 Å². The monoisotopic (exact) mass is 445 g/mol. The predicted octanol–water partition coefficient (Wildman–Crippen LogP) is 5.51. The number of halogens is 1. The maximum Gasteiger partial charge on any atom is 0.291 e. The van der Waals surface area contributed by atoms with E-state index in [2.05, 4.69) is 0 Å². The molecule has 5 rings (SSSR count). The number of phenols is 1. The van der Waals surface area contributed by atoms with Crippen LogP contribution in [0.25, 0.3) is 11.0 Å². The van der Waals surface area contributed by atoms with Gasteiger partial charge < -0.3 is 14.4 Å². The van der Waals surface area contributed by atoms with Crippen molar-refractivity contribution in [1.29, 1.82) is 0 Å². The van der Waals surface area contributed by atoms with Gasteiger partial charge in [-0.15, -0.1) is 0 Å². The van der Waals surface area contributed by atoms with E-state index in [1.54, 1.807) is 41.3 Å². The van der Waals surface area contributed by atoms with Gasteiger partial charge in [0.05, 0.1) is 17.0 Å². The first-order valence-corrected chi connectivity index (χ1v) is 10.6. The van der Waals surface area contributed by atoms with Gasteiger partial charge in [-0.25, -0.2) is 0 Å². The molecular formula is C26H20ClNO4. The van der Waals surface area contributed by atoms with Crippen LogP contribution in [-0.2, 0) is 6.54 Å². The van der Waals surface area contributed by atoms with Gasteiger partial charge in [0.15, 0.2) is 5.43 Å². The summed E-state index contributed by atoms with van der Waals surface area (Å²) in [5.41, 5.74) is 3.91. The van der Waals surface area contributed by atoms with E-state index in [0.717, 1.165) is 16.7 Å². The van der Waals surface area contributed by atoms with Crippen LogP contribution in [-0.4, -0.2) is 15.9 Å². The number of carbonyl (C=O) groups is 1. The summed E-state index contributed by atoms with van der Waals surface area (Å²) < 4.78 is 6.03. The zero-order chi connectivity index (χ0) is 22.6. The number of aromatic hydroxyl groups is 1. The van der Waals surface area contributed by atoms with Crippen LogP contribution >= 0.6 is 11.6 Å². The van der Waals surface area contributed by atoms with E-state index >= 15 is 0 Å². The van der Waals surface area contributed by atoms with Crippen LogP contribution in [0.2, 0.25) is 5.02 Å². The van der Waals surface area contributed by atoms with Crippen molar-refractivity contribution in [2.45, 2.75) is 26.4 Å². The van der Waals surface area contributed by atoms with Crippen molar-refractivity contribution >= 4 is 28.5 Å². The predicted molar refractivity (Wildman–Crippen MR) is 123 cm³/mol. The summed E-state index contributed by atoms with van der Waals surface area (Å²) in [6, 6.07) is 16.8. The number of aryl methyl sites for hydroxylation is 2. The van der Waals surface area contributed by atoms with Gasteiger partial charge >= 0.3 is 0 Å². The summed E-state index contributed by atoms with van der Waals surface area (Å²) >= 11 is 6.37. The molecule has 1 N–H and O–H groups in total. The van der Waals surface area contributed by atoms with Gasteiger partial charge in [-0.1, -0.05) is 41.9 Å². The lowest BCUT2D eigenvalue weighted by Gasteiger charge is -2.25. The van der Waals surface area contributed by atoms with E-state index in [4.69, 9.17) is 16.0 Å². The van der Waals surface area contributed by atoms with E-state index in [1.807, 2.05) is 38.1 Å². The Morgan fingerprint density at radius 1 is 1.00 bits per heavy atom. The Kier molecular flexibility index (Phi) is 4.79. The summed E-state index contributed by atoms with van der Waals surface area (Å²) in [6.07, 6.45) is 0. The molecule has 0 radical (unpaired) electrons. The summed E-state index contributed by atoms with van der Waals surface area (Å²) in [5.74, 6) is -0.210. The maximum atomic E-state index is 13.6. The van der Waals surface area contributed by atoms with Gasteiger partial charge in [-0.3, -0.25) is 9.59 Å². The van der Waals surface area contributed by atoms with Crippen molar-refractivity contribution < 1.29 is 14.3 Å². The number of carbonyl (C=O) groups excluding carboxylic acids is 1. The van der Waals surface area contributed by atoms with E-state index in [1.165, 1.54) is 0 Å². The summed E-state index contributed by atoms with van der Waals surface area (Å²) in [6.45, 7) is 4.09. The molecule has 0 saturated heterocycles. The van der Waals surface area contributed by atoms with Crippen molar-refractivity contribution in [1.82, 2.24) is 4.90 Å². The Hall–Kier alpha value is -3.57. The molecule has 1 unspecified atom stereocenters. The number of hydrogen-bond donors (Lipinski definition) is 1. The van der Waals surface area contributed by atoms with E-state index in [0.29, 0.717) is 27.1 Å². The minimum absolute atomic E-state index is 0.0517. The third-order valence-corrected chi connectivity index (χ3v) is 6.46. The summed E-state index contributed by atoms with van der Waals surface area (Å²) in [7, 11) is 0. The Balaban J connectivity index is 1.75. The highest BCUT2D eigenvalue weighted by Crippen LogP contribution is 2.40. The van der Waals surface area contributed by atoms with Crippen LogP contribution in [0.4, 0.5) is 0 Å². The molecule has 1 aliphatic rings. The Morgan fingerprint density at radius 3 is 2.41 bits per heavy atom. The smallest absolute Gasteiger partial charge is 0.291 e. The molecule has 160 valence electrons. The molecule has 1 amide bonds. The standard InChI is InChI=1S/C26H20ClNO4/c1-14-11-19-21(12-15(14)2)32-25-22(24(19)30)23(16-7-9-18(29)10-8-16)28(26(25)31)13-17-5-3-4-6-20(17)27/h3-12,23,29H,13H2,1-2H3. The molecule has 0 aliphatic carbocycles. The number of phenolic OH excluding ortho intramolecular Hbond substituents is 1. The normalized spacial score (nSPS) is 15.4.